The second-order valence-corrected chi connectivity index (χ2v) is 8.30. The van der Waals surface area contributed by atoms with Gasteiger partial charge in [-0.25, -0.2) is 8.42 Å². The zero-order valence-corrected chi connectivity index (χ0v) is 17.0. The number of aryl methyl sites for hydroxylation is 1. The van der Waals surface area contributed by atoms with E-state index in [4.69, 9.17) is 0 Å². The fourth-order valence-electron chi connectivity index (χ4n) is 2.80. The van der Waals surface area contributed by atoms with Gasteiger partial charge in [0.25, 0.3) is 0 Å². The first-order chi connectivity index (χ1) is 13.6. The van der Waals surface area contributed by atoms with Crippen LogP contribution in [0.1, 0.15) is 31.4 Å². The zero-order valence-electron chi connectivity index (χ0n) is 16.2. The quantitative estimate of drug-likeness (QED) is 0.682. The number of carbonyl (C=O) groups excluding carboxylic acids is 1. The van der Waals surface area contributed by atoms with E-state index < -0.39 is 27.7 Å². The number of hydrogen-bond acceptors (Lipinski definition) is 3. The summed E-state index contributed by atoms with van der Waals surface area (Å²) >= 11 is 0. The van der Waals surface area contributed by atoms with E-state index in [2.05, 4.69) is 5.32 Å². The molecule has 2 aromatic carbocycles. The number of anilines is 1. The molecule has 0 heterocycles. The maximum Gasteiger partial charge on any atom is 0.416 e. The second kappa shape index (κ2) is 9.41. The molecule has 0 aromatic heterocycles. The van der Waals surface area contributed by atoms with Crippen molar-refractivity contribution < 1.29 is 26.4 Å². The molecule has 5 nitrogen and oxygen atoms in total. The van der Waals surface area contributed by atoms with Gasteiger partial charge >= 0.3 is 6.18 Å². The van der Waals surface area contributed by atoms with Crippen LogP contribution in [-0.4, -0.2) is 31.7 Å². The van der Waals surface area contributed by atoms with E-state index in [9.17, 15) is 26.4 Å². The van der Waals surface area contributed by atoms with Gasteiger partial charge in [-0.3, -0.25) is 4.79 Å². The van der Waals surface area contributed by atoms with Crippen molar-refractivity contribution in [2.24, 2.45) is 0 Å². The standard InChI is InChI=1S/C20H23F3N2O3S/c1-3-25(4-2)29(27,28)18-11-8-15(9-12-18)10-13-19(26)24-17-7-5-6-16(14-17)20(21,22)23/h5-9,11-12,14H,3-4,10,13H2,1-2H3,(H,24,26). The molecule has 9 heteroatoms. The van der Waals surface area contributed by atoms with Crippen LogP contribution in [0.3, 0.4) is 0 Å². The Kier molecular flexibility index (Phi) is 7.43. The van der Waals surface area contributed by atoms with Gasteiger partial charge in [0.1, 0.15) is 0 Å². The molecule has 0 radical (unpaired) electrons. The van der Waals surface area contributed by atoms with E-state index >= 15 is 0 Å². The van der Waals surface area contributed by atoms with Gasteiger partial charge in [-0.2, -0.15) is 17.5 Å². The van der Waals surface area contributed by atoms with Crippen LogP contribution in [0.25, 0.3) is 0 Å². The minimum absolute atomic E-state index is 0.0540. The monoisotopic (exact) mass is 428 g/mol. The van der Waals surface area contributed by atoms with Crippen molar-refractivity contribution in [3.05, 3.63) is 59.7 Å². The third-order valence-electron chi connectivity index (χ3n) is 4.38. The van der Waals surface area contributed by atoms with Gasteiger partial charge in [-0.1, -0.05) is 32.0 Å². The number of rotatable bonds is 8. The summed E-state index contributed by atoms with van der Waals surface area (Å²) in [5.41, 5.74) is -0.00604. The molecule has 0 atom stereocenters. The molecule has 0 bridgehead atoms. The van der Waals surface area contributed by atoms with Gasteiger partial charge in [0.15, 0.2) is 0 Å². The lowest BCUT2D eigenvalue weighted by molar-refractivity contribution is -0.137. The van der Waals surface area contributed by atoms with Crippen LogP contribution >= 0.6 is 0 Å². The Labute approximate surface area is 168 Å². The van der Waals surface area contributed by atoms with Crippen LogP contribution in [0.2, 0.25) is 0 Å². The largest absolute Gasteiger partial charge is 0.416 e. The summed E-state index contributed by atoms with van der Waals surface area (Å²) in [6, 6.07) is 10.7. The number of halogens is 3. The van der Waals surface area contributed by atoms with Crippen LogP contribution in [0, 0.1) is 0 Å². The molecule has 0 unspecified atom stereocenters. The van der Waals surface area contributed by atoms with Gasteiger partial charge in [-0.15, -0.1) is 0 Å². The Morgan fingerprint density at radius 2 is 1.66 bits per heavy atom. The Hall–Kier alpha value is -2.39. The number of benzene rings is 2. The molecule has 2 rings (SSSR count). The number of carbonyl (C=O) groups is 1. The molecule has 0 aliphatic carbocycles. The van der Waals surface area contributed by atoms with Gasteiger partial charge in [0, 0.05) is 25.2 Å². The number of amides is 1. The molecule has 0 saturated carbocycles. The van der Waals surface area contributed by atoms with Gasteiger partial charge < -0.3 is 5.32 Å². The molecule has 0 saturated heterocycles. The van der Waals surface area contributed by atoms with Crippen molar-refractivity contribution >= 4 is 21.6 Å². The molecular formula is C20H23F3N2O3S. The number of nitrogens with zero attached hydrogens (tertiary/aromatic N) is 1. The smallest absolute Gasteiger partial charge is 0.326 e. The van der Waals surface area contributed by atoms with E-state index in [1.165, 1.54) is 28.6 Å². The maximum atomic E-state index is 12.7. The average Bonchev–Trinajstić information content (AvgIpc) is 2.67. The third kappa shape index (κ3) is 6.04. The van der Waals surface area contributed by atoms with Crippen molar-refractivity contribution in [2.75, 3.05) is 18.4 Å². The van der Waals surface area contributed by atoms with E-state index in [0.29, 0.717) is 19.5 Å². The second-order valence-electron chi connectivity index (χ2n) is 6.36. The Balaban J connectivity index is 1.98. The highest BCUT2D eigenvalue weighted by molar-refractivity contribution is 7.89. The minimum atomic E-state index is -4.48. The Bertz CT molecular complexity index is 938. The first kappa shape index (κ1) is 22.9. The van der Waals surface area contributed by atoms with E-state index in [-0.39, 0.29) is 17.0 Å². The van der Waals surface area contributed by atoms with Gasteiger partial charge in [-0.05, 0) is 42.3 Å². The first-order valence-corrected chi connectivity index (χ1v) is 10.6. The lowest BCUT2D eigenvalue weighted by atomic mass is 10.1. The first-order valence-electron chi connectivity index (χ1n) is 9.14. The Morgan fingerprint density at radius 3 is 2.21 bits per heavy atom. The summed E-state index contributed by atoms with van der Waals surface area (Å²) in [5, 5.41) is 2.45. The number of sulfonamides is 1. The van der Waals surface area contributed by atoms with Crippen molar-refractivity contribution in [2.45, 2.75) is 37.8 Å². The molecule has 2 aromatic rings. The highest BCUT2D eigenvalue weighted by atomic mass is 32.2. The molecule has 158 valence electrons. The van der Waals surface area contributed by atoms with Crippen molar-refractivity contribution in [3.8, 4) is 0 Å². The highest BCUT2D eigenvalue weighted by Gasteiger charge is 2.30. The SMILES string of the molecule is CCN(CC)S(=O)(=O)c1ccc(CCC(=O)Nc2cccc(C(F)(F)F)c2)cc1. The minimum Gasteiger partial charge on any atom is -0.326 e. The fourth-order valence-corrected chi connectivity index (χ4v) is 4.25. The lowest BCUT2D eigenvalue weighted by Crippen LogP contribution is -2.30. The van der Waals surface area contributed by atoms with Crippen LogP contribution < -0.4 is 5.32 Å². The van der Waals surface area contributed by atoms with Crippen LogP contribution in [0.4, 0.5) is 18.9 Å². The predicted molar refractivity (Wildman–Crippen MR) is 105 cm³/mol. The summed E-state index contributed by atoms with van der Waals surface area (Å²) in [4.78, 5) is 12.2. The topological polar surface area (TPSA) is 66.5 Å². The maximum absolute atomic E-state index is 12.7. The molecular weight excluding hydrogens is 405 g/mol. The van der Waals surface area contributed by atoms with Crippen molar-refractivity contribution in [3.63, 3.8) is 0 Å². The van der Waals surface area contributed by atoms with Crippen LogP contribution in [0.5, 0.6) is 0 Å². The summed E-state index contributed by atoms with van der Waals surface area (Å²) in [7, 11) is -3.54. The summed E-state index contributed by atoms with van der Waals surface area (Å²) in [6.45, 7) is 4.27. The van der Waals surface area contributed by atoms with E-state index in [1.54, 1.807) is 26.0 Å². The molecule has 1 N–H and O–H groups in total. The summed E-state index contributed by atoms with van der Waals surface area (Å²) in [5.74, 6) is -0.427. The fraction of sp³-hybridized carbons (Fsp3) is 0.350. The molecule has 0 fully saturated rings. The lowest BCUT2D eigenvalue weighted by Gasteiger charge is -2.18. The number of nitrogens with one attached hydrogen (secondary N) is 1. The van der Waals surface area contributed by atoms with E-state index in [0.717, 1.165) is 17.7 Å². The molecule has 0 spiro atoms. The van der Waals surface area contributed by atoms with Crippen LogP contribution in [0.15, 0.2) is 53.4 Å². The molecule has 29 heavy (non-hydrogen) atoms. The summed E-state index contributed by atoms with van der Waals surface area (Å²) < 4.78 is 64.4. The predicted octanol–water partition coefficient (Wildman–Crippen LogP) is 4.31. The zero-order chi connectivity index (χ0) is 21.7. The number of hydrogen-bond donors (Lipinski definition) is 1. The molecule has 0 aliphatic rings. The van der Waals surface area contributed by atoms with Crippen molar-refractivity contribution in [1.82, 2.24) is 4.31 Å². The van der Waals surface area contributed by atoms with Gasteiger partial charge in [0.05, 0.1) is 10.5 Å². The average molecular weight is 428 g/mol. The normalized spacial score (nSPS) is 12.2. The molecule has 1 amide bonds. The third-order valence-corrected chi connectivity index (χ3v) is 6.45. The van der Waals surface area contributed by atoms with Crippen LogP contribution in [-0.2, 0) is 27.4 Å². The van der Waals surface area contributed by atoms with Crippen molar-refractivity contribution in [1.29, 1.82) is 0 Å². The Morgan fingerprint density at radius 1 is 1.03 bits per heavy atom. The molecule has 0 aliphatic heterocycles. The highest BCUT2D eigenvalue weighted by Crippen LogP contribution is 2.30. The summed E-state index contributed by atoms with van der Waals surface area (Å²) in [6.07, 6.45) is -4.09. The van der Waals surface area contributed by atoms with E-state index in [1.807, 2.05) is 0 Å². The number of alkyl halides is 3. The van der Waals surface area contributed by atoms with Gasteiger partial charge in [0.2, 0.25) is 15.9 Å².